The molecule has 0 spiro atoms. The zero-order valence-electron chi connectivity index (χ0n) is 15.5. The lowest BCUT2D eigenvalue weighted by atomic mass is 10.1. The summed E-state index contributed by atoms with van der Waals surface area (Å²) in [6.45, 7) is 6.03. The Hall–Kier alpha value is -2.60. The smallest absolute Gasteiger partial charge is 0.163 e. The summed E-state index contributed by atoms with van der Waals surface area (Å²) < 4.78 is 11.1. The number of rotatable bonds is 6. The minimum Gasteiger partial charge on any atom is -0.486 e. The molecule has 0 radical (unpaired) electrons. The van der Waals surface area contributed by atoms with Gasteiger partial charge in [-0.1, -0.05) is 6.07 Å². The normalized spacial score (nSPS) is 17.0. The fourth-order valence-electron chi connectivity index (χ4n) is 3.57. The molecule has 0 saturated carbocycles. The summed E-state index contributed by atoms with van der Waals surface area (Å²) in [5.41, 5.74) is 0.708. The van der Waals surface area contributed by atoms with E-state index in [2.05, 4.69) is 20.9 Å². The van der Waals surface area contributed by atoms with Crippen molar-refractivity contribution in [2.45, 2.75) is 12.8 Å². The van der Waals surface area contributed by atoms with Crippen LogP contribution in [0, 0.1) is 0 Å². The predicted molar refractivity (Wildman–Crippen MR) is 104 cm³/mol. The molecule has 6 nitrogen and oxygen atoms in total. The third-order valence-corrected chi connectivity index (χ3v) is 5.09. The summed E-state index contributed by atoms with van der Waals surface area (Å²) in [5.74, 6) is 2.62. The topological polar surface area (TPSA) is 54.9 Å². The Morgan fingerprint density at radius 1 is 1.00 bits per heavy atom. The first-order valence-electron chi connectivity index (χ1n) is 9.61. The Bertz CT molecular complexity index is 773. The number of hydrogen-bond acceptors (Lipinski definition) is 6. The molecule has 1 fully saturated rings. The second kappa shape index (κ2) is 8.39. The maximum atomic E-state index is 12.5. The number of pyridine rings is 1. The molecule has 0 aliphatic carbocycles. The van der Waals surface area contributed by atoms with Crippen LogP contribution in [0.3, 0.4) is 0 Å². The van der Waals surface area contributed by atoms with Gasteiger partial charge in [0.05, 0.1) is 0 Å². The number of Topliss-reactive ketones (excluding diaryl/α,β-unsaturated/α-hetero) is 1. The fourth-order valence-corrected chi connectivity index (χ4v) is 3.57. The highest BCUT2D eigenvalue weighted by Gasteiger charge is 2.18. The molecule has 2 aliphatic heterocycles. The predicted octanol–water partition coefficient (Wildman–Crippen LogP) is 2.64. The molecule has 4 rings (SSSR count). The van der Waals surface area contributed by atoms with Crippen molar-refractivity contribution in [1.29, 1.82) is 0 Å². The van der Waals surface area contributed by atoms with Crippen molar-refractivity contribution in [2.24, 2.45) is 0 Å². The lowest BCUT2D eigenvalue weighted by Gasteiger charge is -2.35. The minimum absolute atomic E-state index is 0.166. The molecular formula is C21H25N3O3. The maximum Gasteiger partial charge on any atom is 0.163 e. The van der Waals surface area contributed by atoms with E-state index in [4.69, 9.17) is 9.47 Å². The van der Waals surface area contributed by atoms with Crippen molar-refractivity contribution in [2.75, 3.05) is 50.8 Å². The van der Waals surface area contributed by atoms with Gasteiger partial charge >= 0.3 is 0 Å². The number of ether oxygens (including phenoxy) is 2. The maximum absolute atomic E-state index is 12.5. The van der Waals surface area contributed by atoms with E-state index in [9.17, 15) is 4.79 Å². The first-order chi connectivity index (χ1) is 13.3. The van der Waals surface area contributed by atoms with Crippen molar-refractivity contribution < 1.29 is 14.3 Å². The number of ketones is 1. The Morgan fingerprint density at radius 2 is 1.81 bits per heavy atom. The summed E-state index contributed by atoms with van der Waals surface area (Å²) in [7, 11) is 0. The molecule has 27 heavy (non-hydrogen) atoms. The van der Waals surface area contributed by atoms with Gasteiger partial charge in [0.1, 0.15) is 19.0 Å². The number of aromatic nitrogens is 1. The molecule has 1 aromatic heterocycles. The molecule has 142 valence electrons. The number of carbonyl (C=O) groups is 1. The van der Waals surface area contributed by atoms with E-state index in [-0.39, 0.29) is 5.78 Å². The van der Waals surface area contributed by atoms with Crippen LogP contribution in [0.25, 0.3) is 0 Å². The third-order valence-electron chi connectivity index (χ3n) is 5.09. The van der Waals surface area contributed by atoms with Gasteiger partial charge in [0.25, 0.3) is 0 Å². The van der Waals surface area contributed by atoms with E-state index in [0.29, 0.717) is 30.9 Å². The molecule has 3 heterocycles. The first-order valence-corrected chi connectivity index (χ1v) is 9.61. The van der Waals surface area contributed by atoms with Gasteiger partial charge in [0.2, 0.25) is 0 Å². The molecule has 2 aromatic rings. The molecule has 2 aliphatic rings. The minimum atomic E-state index is 0.166. The number of piperazine rings is 1. The van der Waals surface area contributed by atoms with Crippen molar-refractivity contribution in [3.05, 3.63) is 48.2 Å². The van der Waals surface area contributed by atoms with Gasteiger partial charge in [0, 0.05) is 44.4 Å². The van der Waals surface area contributed by atoms with Gasteiger partial charge in [-0.05, 0) is 43.3 Å². The zero-order valence-corrected chi connectivity index (χ0v) is 15.5. The highest BCUT2D eigenvalue weighted by Crippen LogP contribution is 2.31. The molecule has 0 atom stereocenters. The number of hydrogen-bond donors (Lipinski definition) is 0. The molecule has 1 aromatic carbocycles. The average Bonchev–Trinajstić information content (AvgIpc) is 2.74. The van der Waals surface area contributed by atoms with Crippen LogP contribution in [0.4, 0.5) is 5.82 Å². The lowest BCUT2D eigenvalue weighted by molar-refractivity contribution is 0.0973. The van der Waals surface area contributed by atoms with Crippen LogP contribution in [0.15, 0.2) is 42.6 Å². The molecule has 0 N–H and O–H groups in total. The average molecular weight is 367 g/mol. The van der Waals surface area contributed by atoms with E-state index in [0.717, 1.165) is 50.7 Å². The van der Waals surface area contributed by atoms with Gasteiger partial charge in [-0.3, -0.25) is 9.69 Å². The van der Waals surface area contributed by atoms with E-state index in [1.165, 1.54) is 0 Å². The fraction of sp³-hybridized carbons (Fsp3) is 0.429. The number of anilines is 1. The largest absolute Gasteiger partial charge is 0.486 e. The van der Waals surface area contributed by atoms with Crippen LogP contribution in [0.2, 0.25) is 0 Å². The number of carbonyl (C=O) groups excluding carboxylic acids is 1. The lowest BCUT2D eigenvalue weighted by Crippen LogP contribution is -2.46. The van der Waals surface area contributed by atoms with Crippen molar-refractivity contribution in [1.82, 2.24) is 9.88 Å². The molecule has 0 amide bonds. The zero-order chi connectivity index (χ0) is 18.5. The van der Waals surface area contributed by atoms with Crippen LogP contribution >= 0.6 is 0 Å². The summed E-state index contributed by atoms with van der Waals surface area (Å²) >= 11 is 0. The Labute approximate surface area is 159 Å². The summed E-state index contributed by atoms with van der Waals surface area (Å²) in [5, 5.41) is 0. The Morgan fingerprint density at radius 3 is 2.59 bits per heavy atom. The Balaban J connectivity index is 1.22. The van der Waals surface area contributed by atoms with Crippen LogP contribution < -0.4 is 14.4 Å². The van der Waals surface area contributed by atoms with Crippen molar-refractivity contribution in [3.63, 3.8) is 0 Å². The highest BCUT2D eigenvalue weighted by atomic mass is 16.6. The monoisotopic (exact) mass is 367 g/mol. The number of fused-ring (bicyclic) bond motifs is 1. The standard InChI is InChI=1S/C21H25N3O3/c25-18(17-6-7-19-20(16-17)27-15-14-26-19)4-3-9-23-10-12-24(13-11-23)21-5-1-2-8-22-21/h1-2,5-8,16H,3-4,9-15H2. The Kier molecular flexibility index (Phi) is 5.53. The van der Waals surface area contributed by atoms with Crippen LogP contribution in [0.1, 0.15) is 23.2 Å². The van der Waals surface area contributed by atoms with Gasteiger partial charge in [0.15, 0.2) is 17.3 Å². The quantitative estimate of drug-likeness (QED) is 0.732. The van der Waals surface area contributed by atoms with Gasteiger partial charge in [-0.15, -0.1) is 0 Å². The molecule has 6 heteroatoms. The number of benzene rings is 1. The van der Waals surface area contributed by atoms with E-state index in [1.54, 1.807) is 0 Å². The molecule has 1 saturated heterocycles. The van der Waals surface area contributed by atoms with Crippen LogP contribution in [-0.2, 0) is 0 Å². The first kappa shape index (κ1) is 17.8. The van der Waals surface area contributed by atoms with Crippen LogP contribution in [0.5, 0.6) is 11.5 Å². The van der Waals surface area contributed by atoms with E-state index >= 15 is 0 Å². The van der Waals surface area contributed by atoms with Gasteiger partial charge < -0.3 is 14.4 Å². The van der Waals surface area contributed by atoms with Crippen LogP contribution in [-0.4, -0.2) is 61.6 Å². The number of nitrogens with zero attached hydrogens (tertiary/aromatic N) is 3. The van der Waals surface area contributed by atoms with Gasteiger partial charge in [-0.25, -0.2) is 4.98 Å². The second-order valence-electron chi connectivity index (χ2n) is 6.90. The summed E-state index contributed by atoms with van der Waals surface area (Å²) in [4.78, 5) is 21.6. The van der Waals surface area contributed by atoms with Crippen molar-refractivity contribution >= 4 is 11.6 Å². The highest BCUT2D eigenvalue weighted by molar-refractivity contribution is 5.96. The summed E-state index contributed by atoms with van der Waals surface area (Å²) in [6, 6.07) is 11.5. The SMILES string of the molecule is O=C(CCCN1CCN(c2ccccn2)CC1)c1ccc2c(c1)OCCO2. The molecule has 0 bridgehead atoms. The van der Waals surface area contributed by atoms with E-state index in [1.807, 2.05) is 36.5 Å². The summed E-state index contributed by atoms with van der Waals surface area (Å²) in [6.07, 6.45) is 3.27. The molecule has 0 unspecified atom stereocenters. The second-order valence-corrected chi connectivity index (χ2v) is 6.90. The van der Waals surface area contributed by atoms with Crippen molar-refractivity contribution in [3.8, 4) is 11.5 Å². The van der Waals surface area contributed by atoms with E-state index < -0.39 is 0 Å². The van der Waals surface area contributed by atoms with Gasteiger partial charge in [-0.2, -0.15) is 0 Å². The molecular weight excluding hydrogens is 342 g/mol. The third kappa shape index (κ3) is 4.39.